The molecule has 0 amide bonds. The van der Waals surface area contributed by atoms with E-state index < -0.39 is 6.17 Å². The Morgan fingerprint density at radius 2 is 2.10 bits per heavy atom. The van der Waals surface area contributed by atoms with E-state index in [1.54, 1.807) is 18.6 Å². The minimum Gasteiger partial charge on any atom is -0.507 e. The van der Waals surface area contributed by atoms with Crippen molar-refractivity contribution in [2.75, 3.05) is 11.9 Å². The zero-order valence-electron chi connectivity index (χ0n) is 16.8. The van der Waals surface area contributed by atoms with Gasteiger partial charge in [-0.25, -0.2) is 9.37 Å². The summed E-state index contributed by atoms with van der Waals surface area (Å²) in [6.45, 7) is 0. The Labute approximate surface area is 174 Å². The van der Waals surface area contributed by atoms with Crippen LogP contribution in [0.15, 0.2) is 49.1 Å². The third-order valence-corrected chi connectivity index (χ3v) is 6.36. The third kappa shape index (κ3) is 3.41. The molecule has 2 N–H and O–H groups in total. The zero-order valence-corrected chi connectivity index (χ0v) is 16.8. The average Bonchev–Trinajstić information content (AvgIpc) is 3.31. The maximum atomic E-state index is 15.0. The Hall–Kier alpha value is -3.00. The quantitative estimate of drug-likeness (QED) is 0.691. The van der Waals surface area contributed by atoms with Crippen LogP contribution in [0.2, 0.25) is 0 Å². The van der Waals surface area contributed by atoms with Gasteiger partial charge in [-0.2, -0.15) is 0 Å². The fourth-order valence-electron chi connectivity index (χ4n) is 4.69. The number of halogens is 1. The van der Waals surface area contributed by atoms with E-state index in [2.05, 4.69) is 20.5 Å². The van der Waals surface area contributed by atoms with Crippen LogP contribution >= 0.6 is 0 Å². The van der Waals surface area contributed by atoms with Gasteiger partial charge in [-0.15, -0.1) is 10.2 Å². The van der Waals surface area contributed by atoms with E-state index in [1.807, 2.05) is 47.0 Å². The van der Waals surface area contributed by atoms with Gasteiger partial charge in [-0.05, 0) is 43.5 Å². The van der Waals surface area contributed by atoms with Gasteiger partial charge in [0.1, 0.15) is 11.9 Å². The molecule has 0 unspecified atom stereocenters. The number of piperidine rings is 2. The molecule has 156 valence electrons. The van der Waals surface area contributed by atoms with Crippen LogP contribution in [-0.2, 0) is 0 Å². The second kappa shape index (κ2) is 7.68. The Bertz CT molecular complexity index is 1010. The van der Waals surface area contributed by atoms with Crippen molar-refractivity contribution in [3.8, 4) is 22.7 Å². The number of phenolic OH excluding ortho intramolecular Hbond substituents is 1. The second-order valence-electron chi connectivity index (χ2n) is 8.21. The van der Waals surface area contributed by atoms with Crippen LogP contribution in [0.5, 0.6) is 5.75 Å². The molecular formula is C22H25FN6O. The molecule has 2 fully saturated rings. The largest absolute Gasteiger partial charge is 0.507 e. The number of rotatable bonds is 4. The molecule has 2 saturated heterocycles. The molecule has 0 aliphatic carbocycles. The Morgan fingerprint density at radius 1 is 1.20 bits per heavy atom. The SMILES string of the molecule is CN(c1ccc(-c2ccc(-n3ccnc3)cc2O)nn1)[C@@H]1C[C@H]2CCC[C@H](N2)[C@H]1F. The van der Waals surface area contributed by atoms with Crippen LogP contribution in [-0.4, -0.2) is 56.2 Å². The van der Waals surface area contributed by atoms with Crippen LogP contribution in [0.3, 0.4) is 0 Å². The lowest BCUT2D eigenvalue weighted by Gasteiger charge is -2.46. The third-order valence-electron chi connectivity index (χ3n) is 6.36. The maximum Gasteiger partial charge on any atom is 0.151 e. The van der Waals surface area contributed by atoms with Crippen molar-refractivity contribution in [1.29, 1.82) is 0 Å². The number of aromatic nitrogens is 4. The Kier molecular flexibility index (Phi) is 4.86. The summed E-state index contributed by atoms with van der Waals surface area (Å²) in [7, 11) is 1.89. The summed E-state index contributed by atoms with van der Waals surface area (Å²) in [5.41, 5.74) is 1.98. The van der Waals surface area contributed by atoms with Crippen LogP contribution in [0.25, 0.3) is 16.9 Å². The van der Waals surface area contributed by atoms with Crippen molar-refractivity contribution in [3.63, 3.8) is 0 Å². The summed E-state index contributed by atoms with van der Waals surface area (Å²) in [4.78, 5) is 5.93. The van der Waals surface area contributed by atoms with Crippen LogP contribution in [0.1, 0.15) is 25.7 Å². The minimum atomic E-state index is -0.923. The van der Waals surface area contributed by atoms with Crippen molar-refractivity contribution < 1.29 is 9.50 Å². The summed E-state index contributed by atoms with van der Waals surface area (Å²) < 4.78 is 16.8. The molecule has 0 saturated carbocycles. The lowest BCUT2D eigenvalue weighted by Crippen LogP contribution is -2.61. The van der Waals surface area contributed by atoms with Gasteiger partial charge in [0, 0.05) is 43.2 Å². The highest BCUT2D eigenvalue weighted by Crippen LogP contribution is 2.33. The first-order valence-electron chi connectivity index (χ1n) is 10.4. The molecule has 8 heteroatoms. The molecule has 0 radical (unpaired) electrons. The minimum absolute atomic E-state index is 0.0665. The Balaban J connectivity index is 1.35. The van der Waals surface area contributed by atoms with Gasteiger partial charge >= 0.3 is 0 Å². The number of anilines is 1. The molecule has 5 rings (SSSR count). The smallest absolute Gasteiger partial charge is 0.151 e. The maximum absolute atomic E-state index is 15.0. The number of alkyl halides is 1. The molecule has 3 aromatic rings. The number of phenols is 1. The molecule has 4 atom stereocenters. The number of hydrogen-bond donors (Lipinski definition) is 2. The van der Waals surface area contributed by atoms with E-state index in [0.717, 1.165) is 31.4 Å². The number of fused-ring (bicyclic) bond motifs is 2. The van der Waals surface area contributed by atoms with Crippen LogP contribution in [0.4, 0.5) is 10.2 Å². The number of nitrogens with one attached hydrogen (secondary N) is 1. The normalized spacial score (nSPS) is 25.8. The Morgan fingerprint density at radius 3 is 2.83 bits per heavy atom. The van der Waals surface area contributed by atoms with Crippen molar-refractivity contribution in [3.05, 3.63) is 49.1 Å². The molecule has 1 aromatic carbocycles. The van der Waals surface area contributed by atoms with Gasteiger partial charge < -0.3 is 19.9 Å². The average molecular weight is 408 g/mol. The van der Waals surface area contributed by atoms with Crippen molar-refractivity contribution in [1.82, 2.24) is 25.1 Å². The molecule has 2 aliphatic heterocycles. The van der Waals surface area contributed by atoms with Crippen molar-refractivity contribution in [2.45, 2.75) is 50.0 Å². The number of imidazole rings is 1. The van der Waals surface area contributed by atoms with Crippen LogP contribution in [0, 0.1) is 0 Å². The molecular weight excluding hydrogens is 383 g/mol. The molecule has 7 nitrogen and oxygen atoms in total. The van der Waals surface area contributed by atoms with E-state index >= 15 is 4.39 Å². The van der Waals surface area contributed by atoms with E-state index in [0.29, 0.717) is 23.1 Å². The summed E-state index contributed by atoms with van der Waals surface area (Å²) in [5, 5.41) is 22.5. The van der Waals surface area contributed by atoms with Gasteiger partial charge in [0.15, 0.2) is 5.82 Å². The first kappa shape index (κ1) is 19.0. The van der Waals surface area contributed by atoms with E-state index in [1.165, 1.54) is 0 Å². The van der Waals surface area contributed by atoms with Gasteiger partial charge in [-0.3, -0.25) is 0 Å². The molecule has 2 bridgehead atoms. The fraction of sp³-hybridized carbons (Fsp3) is 0.409. The molecule has 2 aliphatic rings. The van der Waals surface area contributed by atoms with Gasteiger partial charge in [0.25, 0.3) is 0 Å². The highest BCUT2D eigenvalue weighted by molar-refractivity contribution is 5.69. The van der Waals surface area contributed by atoms with Gasteiger partial charge in [0.05, 0.1) is 23.8 Å². The standard InChI is InChI=1S/C22H25FN6O/c1-28(19-11-14-3-2-4-18(25-14)22(19)23)21-8-7-17(26-27-21)16-6-5-15(12-20(16)30)29-10-9-24-13-29/h5-10,12-14,18-19,22,25,30H,2-4,11H2,1H3/t14-,18+,19-,22-/m1/s1. The fourth-order valence-corrected chi connectivity index (χ4v) is 4.69. The molecule has 4 heterocycles. The van der Waals surface area contributed by atoms with Gasteiger partial charge in [0.2, 0.25) is 0 Å². The molecule has 30 heavy (non-hydrogen) atoms. The zero-order chi connectivity index (χ0) is 20.7. The number of hydrogen-bond acceptors (Lipinski definition) is 6. The van der Waals surface area contributed by atoms with Crippen molar-refractivity contribution in [2.24, 2.45) is 0 Å². The second-order valence-corrected chi connectivity index (χ2v) is 8.21. The topological polar surface area (TPSA) is 79.1 Å². The number of aromatic hydroxyl groups is 1. The number of benzene rings is 1. The molecule has 2 aromatic heterocycles. The first-order valence-corrected chi connectivity index (χ1v) is 10.4. The summed E-state index contributed by atoms with van der Waals surface area (Å²) in [6, 6.07) is 9.13. The predicted octanol–water partition coefficient (Wildman–Crippen LogP) is 3.09. The van der Waals surface area contributed by atoms with Gasteiger partial charge in [-0.1, -0.05) is 6.42 Å². The summed E-state index contributed by atoms with van der Waals surface area (Å²) >= 11 is 0. The highest BCUT2D eigenvalue weighted by Gasteiger charge is 2.41. The highest BCUT2D eigenvalue weighted by atomic mass is 19.1. The lowest BCUT2D eigenvalue weighted by molar-refractivity contribution is 0.107. The van der Waals surface area contributed by atoms with E-state index in [4.69, 9.17) is 0 Å². The number of nitrogens with zero attached hydrogens (tertiary/aromatic N) is 5. The van der Waals surface area contributed by atoms with Crippen LogP contribution < -0.4 is 10.2 Å². The summed E-state index contributed by atoms with van der Waals surface area (Å²) in [5.74, 6) is 0.757. The predicted molar refractivity (Wildman–Crippen MR) is 113 cm³/mol. The molecule has 0 spiro atoms. The van der Waals surface area contributed by atoms with Crippen molar-refractivity contribution >= 4 is 5.82 Å². The van der Waals surface area contributed by atoms with E-state index in [9.17, 15) is 5.11 Å². The lowest BCUT2D eigenvalue weighted by atomic mass is 9.82. The van der Waals surface area contributed by atoms with E-state index in [-0.39, 0.29) is 17.8 Å². The summed E-state index contributed by atoms with van der Waals surface area (Å²) in [6.07, 6.45) is 8.10. The monoisotopic (exact) mass is 408 g/mol. The first-order chi connectivity index (χ1) is 14.6.